The molecule has 0 aromatic carbocycles. The zero-order chi connectivity index (χ0) is 13.8. The maximum Gasteiger partial charge on any atom is 0.315 e. The van der Waals surface area contributed by atoms with Crippen LogP contribution in [0.5, 0.6) is 0 Å². The molecule has 0 unspecified atom stereocenters. The van der Waals surface area contributed by atoms with Gasteiger partial charge in [-0.25, -0.2) is 0 Å². The van der Waals surface area contributed by atoms with Gasteiger partial charge in [0.05, 0.1) is 11.4 Å². The summed E-state index contributed by atoms with van der Waals surface area (Å²) in [7, 11) is 0. The lowest BCUT2D eigenvalue weighted by atomic mass is 9.73. The fourth-order valence-corrected chi connectivity index (χ4v) is 2.73. The summed E-state index contributed by atoms with van der Waals surface area (Å²) in [5.74, 6) is -1.53. The van der Waals surface area contributed by atoms with Gasteiger partial charge in [0.15, 0.2) is 5.78 Å². The lowest BCUT2D eigenvalue weighted by Crippen LogP contribution is -2.58. The average molecular weight is 282 g/mol. The summed E-state index contributed by atoms with van der Waals surface area (Å²) in [6.07, 6.45) is 0.193. The minimum absolute atomic E-state index is 0.264. The molecule has 0 heterocycles. The topological polar surface area (TPSA) is 46.2 Å². The quantitative estimate of drug-likeness (QED) is 0.787. The molecule has 1 aliphatic rings. The van der Waals surface area contributed by atoms with Gasteiger partial charge in [-0.1, -0.05) is 13.3 Å². The molecular formula is C12H18ClF2NO2. The van der Waals surface area contributed by atoms with E-state index in [0.717, 1.165) is 19.3 Å². The number of hydrogen-bond acceptors (Lipinski definition) is 2. The molecule has 0 saturated heterocycles. The first-order chi connectivity index (χ1) is 8.45. The number of carbonyl (C=O) groups excluding carboxylic acids is 2. The Hall–Kier alpha value is -0.710. The second-order valence-corrected chi connectivity index (χ2v) is 5.05. The Morgan fingerprint density at radius 2 is 1.94 bits per heavy atom. The van der Waals surface area contributed by atoms with Gasteiger partial charge in [-0.05, 0) is 31.6 Å². The van der Waals surface area contributed by atoms with E-state index in [1.165, 1.54) is 0 Å². The van der Waals surface area contributed by atoms with Crippen LogP contribution in [-0.2, 0) is 9.59 Å². The van der Waals surface area contributed by atoms with E-state index < -0.39 is 17.9 Å². The van der Waals surface area contributed by atoms with E-state index >= 15 is 0 Å². The summed E-state index contributed by atoms with van der Waals surface area (Å²) in [5.41, 5.74) is -1.18. The Kier molecular flexibility index (Phi) is 5.50. The molecule has 1 amide bonds. The highest BCUT2D eigenvalue weighted by Crippen LogP contribution is 2.34. The Bertz CT molecular complexity index is 315. The van der Waals surface area contributed by atoms with E-state index in [1.807, 2.05) is 0 Å². The van der Waals surface area contributed by atoms with Crippen LogP contribution in [0.4, 0.5) is 8.78 Å². The van der Waals surface area contributed by atoms with Crippen molar-refractivity contribution in [2.24, 2.45) is 5.92 Å². The van der Waals surface area contributed by atoms with Crippen molar-refractivity contribution >= 4 is 23.3 Å². The molecule has 1 rings (SSSR count). The number of nitrogens with one attached hydrogen (secondary N) is 1. The third kappa shape index (κ3) is 3.40. The third-order valence-corrected chi connectivity index (χ3v) is 3.99. The van der Waals surface area contributed by atoms with Crippen molar-refractivity contribution in [2.45, 2.75) is 51.0 Å². The van der Waals surface area contributed by atoms with Crippen molar-refractivity contribution in [2.75, 3.05) is 5.88 Å². The fourth-order valence-electron chi connectivity index (χ4n) is 2.47. The number of Topliss-reactive ketones (excluding diaryl/α,β-unsaturated/α-hetero) is 1. The van der Waals surface area contributed by atoms with E-state index in [1.54, 1.807) is 0 Å². The van der Waals surface area contributed by atoms with Crippen LogP contribution in [0, 0.1) is 5.92 Å². The predicted molar refractivity (Wildman–Crippen MR) is 64.9 cm³/mol. The number of ketones is 1. The molecule has 18 heavy (non-hydrogen) atoms. The summed E-state index contributed by atoms with van der Waals surface area (Å²) >= 11 is 5.52. The molecular weight excluding hydrogens is 264 g/mol. The Labute approximate surface area is 110 Å². The third-order valence-electron chi connectivity index (χ3n) is 3.75. The van der Waals surface area contributed by atoms with Gasteiger partial charge in [-0.2, -0.15) is 8.78 Å². The van der Waals surface area contributed by atoms with Crippen LogP contribution in [0.15, 0.2) is 0 Å². The smallest absolute Gasteiger partial charge is 0.315 e. The lowest BCUT2D eigenvalue weighted by Gasteiger charge is -2.39. The van der Waals surface area contributed by atoms with Gasteiger partial charge in [0.2, 0.25) is 0 Å². The van der Waals surface area contributed by atoms with Crippen molar-refractivity contribution in [3.05, 3.63) is 0 Å². The molecule has 6 heteroatoms. The van der Waals surface area contributed by atoms with Crippen LogP contribution < -0.4 is 5.32 Å². The Morgan fingerprint density at radius 3 is 2.33 bits per heavy atom. The van der Waals surface area contributed by atoms with Crippen molar-refractivity contribution < 1.29 is 18.4 Å². The summed E-state index contributed by atoms with van der Waals surface area (Å²) in [6.45, 7) is 2.05. The zero-order valence-corrected chi connectivity index (χ0v) is 11.1. The second kappa shape index (κ2) is 6.45. The number of halogens is 3. The summed E-state index contributed by atoms with van der Waals surface area (Å²) < 4.78 is 24.6. The van der Waals surface area contributed by atoms with Gasteiger partial charge >= 0.3 is 6.43 Å². The normalized spacial score (nSPS) is 28.2. The standard InChI is InChI=1S/C12H18ClF2NO2/c1-2-8-3-5-12(6-4-8,9(17)7-13)16-11(18)10(14)15/h8,10H,2-7H2,1H3,(H,16,18). The molecule has 0 bridgehead atoms. The first-order valence-electron chi connectivity index (χ1n) is 6.14. The zero-order valence-electron chi connectivity index (χ0n) is 10.3. The number of alkyl halides is 3. The van der Waals surface area contributed by atoms with Crippen LogP contribution in [0.25, 0.3) is 0 Å². The van der Waals surface area contributed by atoms with E-state index in [9.17, 15) is 18.4 Å². The highest BCUT2D eigenvalue weighted by molar-refractivity contribution is 6.29. The second-order valence-electron chi connectivity index (χ2n) is 4.78. The monoisotopic (exact) mass is 281 g/mol. The number of rotatable bonds is 5. The highest BCUT2D eigenvalue weighted by Gasteiger charge is 2.42. The Morgan fingerprint density at radius 1 is 1.39 bits per heavy atom. The molecule has 1 fully saturated rings. The molecule has 0 radical (unpaired) electrons. The van der Waals surface area contributed by atoms with Gasteiger partial charge in [-0.3, -0.25) is 9.59 Å². The van der Waals surface area contributed by atoms with Gasteiger partial charge in [0.1, 0.15) is 0 Å². The van der Waals surface area contributed by atoms with Gasteiger partial charge in [-0.15, -0.1) is 11.6 Å². The maximum absolute atomic E-state index is 12.3. The molecule has 1 aliphatic carbocycles. The van der Waals surface area contributed by atoms with E-state index in [2.05, 4.69) is 12.2 Å². The average Bonchev–Trinajstić information content (AvgIpc) is 2.38. The SMILES string of the molecule is CCC1CCC(NC(=O)C(F)F)(C(=O)CCl)CC1. The van der Waals surface area contributed by atoms with E-state index in [0.29, 0.717) is 18.8 Å². The number of amides is 1. The predicted octanol–water partition coefficient (Wildman–Crippen LogP) is 2.51. The fraction of sp³-hybridized carbons (Fsp3) is 0.833. The van der Waals surface area contributed by atoms with Crippen LogP contribution in [0.3, 0.4) is 0 Å². The lowest BCUT2D eigenvalue weighted by molar-refractivity contribution is -0.139. The van der Waals surface area contributed by atoms with E-state index in [-0.39, 0.29) is 11.7 Å². The van der Waals surface area contributed by atoms with Crippen molar-refractivity contribution in [3.63, 3.8) is 0 Å². The maximum atomic E-state index is 12.3. The largest absolute Gasteiger partial charge is 0.339 e. The van der Waals surface area contributed by atoms with Crippen LogP contribution in [-0.4, -0.2) is 29.5 Å². The summed E-state index contributed by atoms with van der Waals surface area (Å²) in [5, 5.41) is 2.20. The van der Waals surface area contributed by atoms with Crippen molar-refractivity contribution in [1.82, 2.24) is 5.32 Å². The molecule has 0 aliphatic heterocycles. The minimum Gasteiger partial charge on any atom is -0.339 e. The van der Waals surface area contributed by atoms with Crippen LogP contribution in [0.1, 0.15) is 39.0 Å². The first kappa shape index (κ1) is 15.3. The summed E-state index contributed by atoms with van der Waals surface area (Å²) in [6, 6.07) is 0. The molecule has 0 aromatic rings. The van der Waals surface area contributed by atoms with Crippen molar-refractivity contribution in [1.29, 1.82) is 0 Å². The van der Waals surface area contributed by atoms with E-state index in [4.69, 9.17) is 11.6 Å². The number of hydrogen-bond donors (Lipinski definition) is 1. The molecule has 0 spiro atoms. The van der Waals surface area contributed by atoms with Crippen LogP contribution >= 0.6 is 11.6 Å². The molecule has 3 nitrogen and oxygen atoms in total. The first-order valence-corrected chi connectivity index (χ1v) is 6.68. The summed E-state index contributed by atoms with van der Waals surface area (Å²) in [4.78, 5) is 23.0. The number of carbonyl (C=O) groups is 2. The Balaban J connectivity index is 2.78. The van der Waals surface area contributed by atoms with Gasteiger partial charge in [0, 0.05) is 0 Å². The molecule has 0 aromatic heterocycles. The van der Waals surface area contributed by atoms with Gasteiger partial charge < -0.3 is 5.32 Å². The molecule has 1 saturated carbocycles. The molecule has 0 atom stereocenters. The molecule has 104 valence electrons. The van der Waals surface area contributed by atoms with Crippen LogP contribution in [0.2, 0.25) is 0 Å². The highest BCUT2D eigenvalue weighted by atomic mass is 35.5. The molecule has 1 N–H and O–H groups in total. The minimum atomic E-state index is -3.10. The van der Waals surface area contributed by atoms with Crippen molar-refractivity contribution in [3.8, 4) is 0 Å². The van der Waals surface area contributed by atoms with Gasteiger partial charge in [0.25, 0.3) is 5.91 Å².